The van der Waals surface area contributed by atoms with Crippen LogP contribution in [0.15, 0.2) is 47.4 Å². The molecule has 0 unspecified atom stereocenters. The first-order chi connectivity index (χ1) is 13.4. The van der Waals surface area contributed by atoms with Gasteiger partial charge in [0.05, 0.1) is 10.6 Å². The molecule has 6 heteroatoms. The second-order valence-electron chi connectivity index (χ2n) is 7.79. The zero-order valence-corrected chi connectivity index (χ0v) is 17.0. The van der Waals surface area contributed by atoms with Crippen LogP contribution >= 0.6 is 0 Å². The van der Waals surface area contributed by atoms with Crippen LogP contribution in [0.4, 0.5) is 5.69 Å². The summed E-state index contributed by atoms with van der Waals surface area (Å²) in [5.41, 5.74) is 4.12. The lowest BCUT2D eigenvalue weighted by atomic mass is 9.92. The van der Waals surface area contributed by atoms with Gasteiger partial charge < -0.3 is 4.90 Å². The van der Waals surface area contributed by atoms with E-state index < -0.39 is 10.0 Å². The molecule has 2 aromatic rings. The Hall–Kier alpha value is -2.18. The molecule has 0 aromatic heterocycles. The maximum Gasteiger partial charge on any atom is 0.240 e. The summed E-state index contributed by atoms with van der Waals surface area (Å²) in [4.78, 5) is 14.3. The average molecular weight is 399 g/mol. The summed E-state index contributed by atoms with van der Waals surface area (Å²) in [5.74, 6) is 0.150. The molecular formula is C22H26N2O3S. The molecule has 1 amide bonds. The van der Waals surface area contributed by atoms with Crippen LogP contribution in [0.3, 0.4) is 0 Å². The van der Waals surface area contributed by atoms with Gasteiger partial charge in [-0.25, -0.2) is 13.1 Å². The van der Waals surface area contributed by atoms with Crippen LogP contribution < -0.4 is 9.62 Å². The quantitative estimate of drug-likeness (QED) is 0.813. The third-order valence-corrected chi connectivity index (χ3v) is 7.19. The van der Waals surface area contributed by atoms with Crippen molar-refractivity contribution in [2.24, 2.45) is 0 Å². The molecule has 2 aromatic carbocycles. The average Bonchev–Trinajstić information content (AvgIpc) is 2.69. The molecule has 0 spiro atoms. The topological polar surface area (TPSA) is 66.5 Å². The number of anilines is 1. The van der Waals surface area contributed by atoms with Crippen molar-refractivity contribution in [1.82, 2.24) is 4.72 Å². The molecule has 0 bridgehead atoms. The van der Waals surface area contributed by atoms with Gasteiger partial charge in [0.25, 0.3) is 0 Å². The summed E-state index contributed by atoms with van der Waals surface area (Å²) >= 11 is 0. The highest BCUT2D eigenvalue weighted by molar-refractivity contribution is 7.89. The summed E-state index contributed by atoms with van der Waals surface area (Å²) in [6.07, 6.45) is 4.34. The van der Waals surface area contributed by atoms with Crippen LogP contribution in [-0.4, -0.2) is 26.9 Å². The van der Waals surface area contributed by atoms with Crippen LogP contribution in [0.5, 0.6) is 0 Å². The molecule has 1 N–H and O–H groups in total. The van der Waals surface area contributed by atoms with E-state index in [1.807, 2.05) is 30.0 Å². The number of hydrogen-bond acceptors (Lipinski definition) is 3. The van der Waals surface area contributed by atoms with E-state index in [2.05, 4.69) is 16.9 Å². The molecule has 2 aliphatic heterocycles. The molecular weight excluding hydrogens is 372 g/mol. The maximum absolute atomic E-state index is 13.0. The molecule has 5 nitrogen and oxygen atoms in total. The van der Waals surface area contributed by atoms with Crippen molar-refractivity contribution in [3.05, 3.63) is 59.2 Å². The fraction of sp³-hybridized carbons (Fsp3) is 0.409. The molecule has 0 aliphatic carbocycles. The minimum absolute atomic E-state index is 0.150. The minimum Gasteiger partial charge on any atom is -0.312 e. The van der Waals surface area contributed by atoms with E-state index in [0.717, 1.165) is 49.0 Å². The summed E-state index contributed by atoms with van der Waals surface area (Å²) in [5, 5.41) is 0. The number of nitrogens with one attached hydrogen (secondary N) is 1. The monoisotopic (exact) mass is 398 g/mol. The molecule has 1 atom stereocenters. The first kappa shape index (κ1) is 19.2. The standard InChI is InChI=1S/C22H26N2O3S/c1-16(9-10-17-6-3-2-4-7-17)23-28(26,27)20-14-18-8-5-13-24-21(25)12-11-19(15-20)22(18)24/h2-4,6-7,14-16,23H,5,8-13H2,1H3/t16-/m0/s1. The Bertz CT molecular complexity index is 969. The van der Waals surface area contributed by atoms with Gasteiger partial charge in [-0.05, 0) is 67.9 Å². The molecule has 0 saturated heterocycles. The fourth-order valence-corrected chi connectivity index (χ4v) is 5.57. The second kappa shape index (κ2) is 7.68. The van der Waals surface area contributed by atoms with Gasteiger partial charge >= 0.3 is 0 Å². The predicted octanol–water partition coefficient (Wildman–Crippen LogP) is 3.21. The Morgan fingerprint density at radius 2 is 1.79 bits per heavy atom. The van der Waals surface area contributed by atoms with Crippen molar-refractivity contribution in [2.75, 3.05) is 11.4 Å². The van der Waals surface area contributed by atoms with Crippen LogP contribution in [-0.2, 0) is 34.1 Å². The van der Waals surface area contributed by atoms with E-state index in [0.29, 0.717) is 17.7 Å². The van der Waals surface area contributed by atoms with Crippen molar-refractivity contribution in [2.45, 2.75) is 56.4 Å². The highest BCUT2D eigenvalue weighted by atomic mass is 32.2. The van der Waals surface area contributed by atoms with Crippen molar-refractivity contribution >= 4 is 21.6 Å². The van der Waals surface area contributed by atoms with Crippen molar-refractivity contribution in [3.63, 3.8) is 0 Å². The normalized spacial score (nSPS) is 17.3. The number of carbonyl (C=O) groups is 1. The Morgan fingerprint density at radius 1 is 1.07 bits per heavy atom. The van der Waals surface area contributed by atoms with Crippen LogP contribution in [0, 0.1) is 0 Å². The molecule has 4 rings (SSSR count). The lowest BCUT2D eigenvalue weighted by Gasteiger charge is -2.35. The number of rotatable bonds is 6. The van der Waals surface area contributed by atoms with E-state index >= 15 is 0 Å². The lowest BCUT2D eigenvalue weighted by molar-refractivity contribution is -0.119. The number of nitrogens with zero attached hydrogens (tertiary/aromatic N) is 1. The van der Waals surface area contributed by atoms with Crippen LogP contribution in [0.25, 0.3) is 0 Å². The zero-order chi connectivity index (χ0) is 19.7. The zero-order valence-electron chi connectivity index (χ0n) is 16.1. The second-order valence-corrected chi connectivity index (χ2v) is 9.50. The van der Waals surface area contributed by atoms with Gasteiger partial charge in [-0.2, -0.15) is 0 Å². The molecule has 28 heavy (non-hydrogen) atoms. The summed E-state index contributed by atoms with van der Waals surface area (Å²) in [6.45, 7) is 2.64. The van der Waals surface area contributed by atoms with Crippen LogP contribution in [0.2, 0.25) is 0 Å². The Labute approximate surface area is 166 Å². The van der Waals surface area contributed by atoms with E-state index in [1.165, 1.54) is 5.56 Å². The predicted molar refractivity (Wildman–Crippen MR) is 110 cm³/mol. The van der Waals surface area contributed by atoms with Crippen molar-refractivity contribution in [3.8, 4) is 0 Å². The molecule has 148 valence electrons. The molecule has 0 radical (unpaired) electrons. The number of carbonyl (C=O) groups excluding carboxylic acids is 1. The van der Waals surface area contributed by atoms with E-state index in [1.54, 1.807) is 12.1 Å². The van der Waals surface area contributed by atoms with Gasteiger partial charge in [-0.1, -0.05) is 30.3 Å². The Kier molecular flexibility index (Phi) is 5.25. The third kappa shape index (κ3) is 3.84. The van der Waals surface area contributed by atoms with Gasteiger partial charge in [-0.3, -0.25) is 4.79 Å². The summed E-state index contributed by atoms with van der Waals surface area (Å²) in [7, 11) is -3.59. The van der Waals surface area contributed by atoms with E-state index in [-0.39, 0.29) is 11.9 Å². The molecule has 2 heterocycles. The minimum atomic E-state index is -3.59. The third-order valence-electron chi connectivity index (χ3n) is 5.62. The number of hydrogen-bond donors (Lipinski definition) is 1. The van der Waals surface area contributed by atoms with Crippen LogP contribution in [0.1, 0.15) is 42.9 Å². The first-order valence-corrected chi connectivity index (χ1v) is 11.4. The summed E-state index contributed by atoms with van der Waals surface area (Å²) < 4.78 is 28.8. The number of amides is 1. The smallest absolute Gasteiger partial charge is 0.240 e. The van der Waals surface area contributed by atoms with E-state index in [9.17, 15) is 13.2 Å². The molecule has 0 saturated carbocycles. The lowest BCUT2D eigenvalue weighted by Crippen LogP contribution is -2.39. The number of aryl methyl sites for hydroxylation is 3. The highest BCUT2D eigenvalue weighted by Gasteiger charge is 2.31. The summed E-state index contributed by atoms with van der Waals surface area (Å²) in [6, 6.07) is 13.5. The van der Waals surface area contributed by atoms with Crippen molar-refractivity contribution < 1.29 is 13.2 Å². The van der Waals surface area contributed by atoms with Gasteiger partial charge in [0.15, 0.2) is 0 Å². The van der Waals surface area contributed by atoms with Gasteiger partial charge in [0, 0.05) is 19.0 Å². The van der Waals surface area contributed by atoms with Gasteiger partial charge in [0.1, 0.15) is 0 Å². The SMILES string of the molecule is C[C@@H](CCc1ccccc1)NS(=O)(=O)c1cc2c3c(c1)CCC(=O)N3CCC2. The Morgan fingerprint density at radius 3 is 2.54 bits per heavy atom. The molecule has 0 fully saturated rings. The fourth-order valence-electron chi connectivity index (χ4n) is 4.20. The molecule has 2 aliphatic rings. The maximum atomic E-state index is 13.0. The highest BCUT2D eigenvalue weighted by Crippen LogP contribution is 2.37. The number of sulfonamides is 1. The van der Waals surface area contributed by atoms with E-state index in [4.69, 9.17) is 0 Å². The Balaban J connectivity index is 1.52. The van der Waals surface area contributed by atoms with Gasteiger partial charge in [-0.15, -0.1) is 0 Å². The largest absolute Gasteiger partial charge is 0.312 e. The van der Waals surface area contributed by atoms with Crippen molar-refractivity contribution in [1.29, 1.82) is 0 Å². The number of benzene rings is 2. The van der Waals surface area contributed by atoms with Gasteiger partial charge in [0.2, 0.25) is 15.9 Å². The first-order valence-electron chi connectivity index (χ1n) is 9.96.